The van der Waals surface area contributed by atoms with E-state index in [1.165, 1.54) is 17.3 Å². The second-order valence-electron chi connectivity index (χ2n) is 8.81. The van der Waals surface area contributed by atoms with Gasteiger partial charge in [0.2, 0.25) is 5.91 Å². The van der Waals surface area contributed by atoms with Gasteiger partial charge >= 0.3 is 0 Å². The maximum absolute atomic E-state index is 13.1. The molecule has 3 aromatic rings. The Labute approximate surface area is 199 Å². The molecule has 6 nitrogen and oxygen atoms in total. The van der Waals surface area contributed by atoms with Crippen molar-refractivity contribution in [1.29, 1.82) is 0 Å². The van der Waals surface area contributed by atoms with Gasteiger partial charge in [0.15, 0.2) is 5.16 Å². The van der Waals surface area contributed by atoms with Gasteiger partial charge in [-0.2, -0.15) is 0 Å². The number of amides is 1. The first-order valence-electron chi connectivity index (χ1n) is 11.3. The summed E-state index contributed by atoms with van der Waals surface area (Å²) in [4.78, 5) is 30.5. The summed E-state index contributed by atoms with van der Waals surface area (Å²) in [6.45, 7) is 8.67. The van der Waals surface area contributed by atoms with Gasteiger partial charge in [0.1, 0.15) is 0 Å². The second kappa shape index (κ2) is 11.5. The van der Waals surface area contributed by atoms with Crippen molar-refractivity contribution in [2.75, 3.05) is 19.5 Å². The molecular weight excluding hydrogens is 434 g/mol. The average molecular weight is 468 g/mol. The Kier molecular flexibility index (Phi) is 8.69. The number of ether oxygens (including phenoxy) is 1. The summed E-state index contributed by atoms with van der Waals surface area (Å²) < 4.78 is 6.89. The summed E-state index contributed by atoms with van der Waals surface area (Å²) in [6, 6.07) is 15.4. The zero-order valence-corrected chi connectivity index (χ0v) is 20.8. The van der Waals surface area contributed by atoms with Crippen LogP contribution in [0.4, 0.5) is 0 Å². The van der Waals surface area contributed by atoms with E-state index in [9.17, 15) is 9.59 Å². The first-order valence-corrected chi connectivity index (χ1v) is 12.3. The summed E-state index contributed by atoms with van der Waals surface area (Å²) in [5.74, 6) is 0.671. The molecule has 3 rings (SSSR count). The minimum absolute atomic E-state index is 0.105. The standard InChI is InChI=1S/C26H33N3O3S/c1-17(2)14-20-10-12-21(13-11-20)19(4)27-24(30)16-33-26-28-23-9-7-6-8-22(23)25(31)29(26)18(3)15-32-5/h6-13,17-19H,14-16H2,1-5H3,(H,27,30). The molecule has 0 aliphatic heterocycles. The summed E-state index contributed by atoms with van der Waals surface area (Å²) in [5, 5.41) is 4.13. The molecule has 0 aliphatic carbocycles. The average Bonchev–Trinajstić information content (AvgIpc) is 2.78. The molecule has 0 fully saturated rings. The van der Waals surface area contributed by atoms with E-state index in [0.29, 0.717) is 28.6 Å². The van der Waals surface area contributed by atoms with E-state index in [1.54, 1.807) is 17.7 Å². The summed E-state index contributed by atoms with van der Waals surface area (Å²) in [6.07, 6.45) is 1.04. The number of hydrogen-bond donors (Lipinski definition) is 1. The molecule has 2 atom stereocenters. The first-order chi connectivity index (χ1) is 15.8. The van der Waals surface area contributed by atoms with E-state index >= 15 is 0 Å². The molecule has 2 unspecified atom stereocenters. The minimum atomic E-state index is -0.201. The molecule has 7 heteroatoms. The van der Waals surface area contributed by atoms with Crippen LogP contribution in [-0.4, -0.2) is 34.9 Å². The molecule has 0 spiro atoms. The van der Waals surface area contributed by atoms with Gasteiger partial charge in [-0.05, 0) is 49.4 Å². The SMILES string of the molecule is COCC(C)n1c(SCC(=O)NC(C)c2ccc(CC(C)C)cc2)nc2ccccc2c1=O. The number of fused-ring (bicyclic) bond motifs is 1. The fraction of sp³-hybridized carbons (Fsp3) is 0.423. The van der Waals surface area contributed by atoms with Crippen LogP contribution in [0.15, 0.2) is 58.5 Å². The Hall–Kier alpha value is -2.64. The van der Waals surface area contributed by atoms with Crippen molar-refractivity contribution in [3.8, 4) is 0 Å². The van der Waals surface area contributed by atoms with Gasteiger partial charge in [0.25, 0.3) is 5.56 Å². The maximum atomic E-state index is 13.1. The highest BCUT2D eigenvalue weighted by molar-refractivity contribution is 7.99. The number of methoxy groups -OCH3 is 1. The quantitative estimate of drug-likeness (QED) is 0.343. The zero-order valence-electron chi connectivity index (χ0n) is 20.0. The molecule has 1 heterocycles. The lowest BCUT2D eigenvalue weighted by atomic mass is 10.00. The van der Waals surface area contributed by atoms with E-state index in [0.717, 1.165) is 12.0 Å². The number of nitrogens with one attached hydrogen (secondary N) is 1. The number of hydrogen-bond acceptors (Lipinski definition) is 5. The van der Waals surface area contributed by atoms with Gasteiger partial charge in [-0.3, -0.25) is 14.2 Å². The van der Waals surface area contributed by atoms with Gasteiger partial charge < -0.3 is 10.1 Å². The van der Waals surface area contributed by atoms with E-state index in [2.05, 4.69) is 48.4 Å². The number of aromatic nitrogens is 2. The first kappa shape index (κ1) is 25.0. The van der Waals surface area contributed by atoms with E-state index in [-0.39, 0.29) is 29.3 Å². The molecule has 0 saturated carbocycles. The number of carbonyl (C=O) groups is 1. The van der Waals surface area contributed by atoms with Gasteiger partial charge in [-0.1, -0.05) is 62.0 Å². The molecule has 0 radical (unpaired) electrons. The lowest BCUT2D eigenvalue weighted by Gasteiger charge is -2.19. The van der Waals surface area contributed by atoms with Crippen LogP contribution in [0, 0.1) is 5.92 Å². The van der Waals surface area contributed by atoms with Crippen LogP contribution < -0.4 is 10.9 Å². The number of para-hydroxylation sites is 1. The molecule has 0 aliphatic rings. The monoisotopic (exact) mass is 467 g/mol. The largest absolute Gasteiger partial charge is 0.383 e. The highest BCUT2D eigenvalue weighted by atomic mass is 32.2. The van der Waals surface area contributed by atoms with Gasteiger partial charge in [0.05, 0.1) is 35.3 Å². The van der Waals surface area contributed by atoms with Gasteiger partial charge in [-0.15, -0.1) is 0 Å². The van der Waals surface area contributed by atoms with Crippen molar-refractivity contribution in [2.24, 2.45) is 5.92 Å². The van der Waals surface area contributed by atoms with Crippen LogP contribution in [-0.2, 0) is 16.0 Å². The summed E-state index contributed by atoms with van der Waals surface area (Å²) in [7, 11) is 1.60. The third-order valence-electron chi connectivity index (χ3n) is 5.46. The number of benzene rings is 2. The number of thioether (sulfide) groups is 1. The van der Waals surface area contributed by atoms with Crippen molar-refractivity contribution < 1.29 is 9.53 Å². The Morgan fingerprint density at radius 1 is 1.09 bits per heavy atom. The normalized spacial score (nSPS) is 13.3. The maximum Gasteiger partial charge on any atom is 0.262 e. The van der Waals surface area contributed by atoms with Crippen molar-refractivity contribution >= 4 is 28.6 Å². The Bertz CT molecular complexity index is 1140. The van der Waals surface area contributed by atoms with Crippen LogP contribution in [0.5, 0.6) is 0 Å². The summed E-state index contributed by atoms with van der Waals surface area (Å²) in [5.41, 5.74) is 2.87. The zero-order chi connectivity index (χ0) is 24.0. The topological polar surface area (TPSA) is 73.2 Å². The van der Waals surface area contributed by atoms with E-state index in [4.69, 9.17) is 4.74 Å². The second-order valence-corrected chi connectivity index (χ2v) is 9.75. The van der Waals surface area contributed by atoms with Crippen molar-refractivity contribution in [3.63, 3.8) is 0 Å². The van der Waals surface area contributed by atoms with E-state index < -0.39 is 0 Å². The molecular formula is C26H33N3O3S. The number of nitrogens with zero attached hydrogens (tertiary/aromatic N) is 2. The predicted molar refractivity (Wildman–Crippen MR) is 135 cm³/mol. The van der Waals surface area contributed by atoms with Crippen LogP contribution in [0.1, 0.15) is 50.9 Å². The Morgan fingerprint density at radius 2 is 1.79 bits per heavy atom. The van der Waals surface area contributed by atoms with Crippen LogP contribution in [0.2, 0.25) is 0 Å². The fourth-order valence-electron chi connectivity index (χ4n) is 3.84. The smallest absolute Gasteiger partial charge is 0.262 e. The van der Waals surface area contributed by atoms with Crippen molar-refractivity contribution in [2.45, 2.75) is 51.4 Å². The third-order valence-corrected chi connectivity index (χ3v) is 6.41. The molecule has 0 bridgehead atoms. The van der Waals surface area contributed by atoms with Gasteiger partial charge in [-0.25, -0.2) is 4.98 Å². The lowest BCUT2D eigenvalue weighted by Crippen LogP contribution is -2.30. The highest BCUT2D eigenvalue weighted by Crippen LogP contribution is 2.22. The Morgan fingerprint density at radius 3 is 2.45 bits per heavy atom. The predicted octanol–water partition coefficient (Wildman–Crippen LogP) is 4.77. The number of carbonyl (C=O) groups excluding carboxylic acids is 1. The summed E-state index contributed by atoms with van der Waals surface area (Å²) >= 11 is 1.27. The lowest BCUT2D eigenvalue weighted by molar-refractivity contribution is -0.119. The third kappa shape index (κ3) is 6.45. The van der Waals surface area contributed by atoms with Crippen LogP contribution in [0.25, 0.3) is 10.9 Å². The van der Waals surface area contributed by atoms with Crippen LogP contribution >= 0.6 is 11.8 Å². The molecule has 176 valence electrons. The van der Waals surface area contributed by atoms with Gasteiger partial charge in [0, 0.05) is 7.11 Å². The van der Waals surface area contributed by atoms with Crippen LogP contribution in [0.3, 0.4) is 0 Å². The molecule has 1 amide bonds. The fourth-order valence-corrected chi connectivity index (χ4v) is 4.75. The molecule has 2 aromatic carbocycles. The highest BCUT2D eigenvalue weighted by Gasteiger charge is 2.18. The molecule has 33 heavy (non-hydrogen) atoms. The van der Waals surface area contributed by atoms with Crippen molar-refractivity contribution in [1.82, 2.24) is 14.9 Å². The molecule has 1 aromatic heterocycles. The minimum Gasteiger partial charge on any atom is -0.383 e. The van der Waals surface area contributed by atoms with E-state index in [1.807, 2.05) is 32.0 Å². The number of rotatable bonds is 10. The molecule has 1 N–H and O–H groups in total. The molecule has 0 saturated heterocycles. The van der Waals surface area contributed by atoms with Crippen molar-refractivity contribution in [3.05, 3.63) is 70.0 Å². The Balaban J connectivity index is 1.72.